The predicted molar refractivity (Wildman–Crippen MR) is 80.0 cm³/mol. The number of sulfone groups is 1. The van der Waals surface area contributed by atoms with Gasteiger partial charge in [0.25, 0.3) is 5.91 Å². The summed E-state index contributed by atoms with van der Waals surface area (Å²) in [6.45, 7) is 1.77. The Kier molecular flexibility index (Phi) is 3.75. The summed E-state index contributed by atoms with van der Waals surface area (Å²) in [6, 6.07) is 6.88. The van der Waals surface area contributed by atoms with Crippen molar-refractivity contribution in [1.29, 1.82) is 0 Å². The zero-order valence-corrected chi connectivity index (χ0v) is 12.9. The van der Waals surface area contributed by atoms with Crippen molar-refractivity contribution >= 4 is 15.7 Å². The molecule has 1 aromatic rings. The number of amides is 1. The molecule has 1 N–H and O–H groups in total. The van der Waals surface area contributed by atoms with Crippen LogP contribution < -0.4 is 5.32 Å². The van der Waals surface area contributed by atoms with Crippen LogP contribution in [-0.4, -0.2) is 50.7 Å². The molecular weight excluding hydrogens is 288 g/mol. The lowest BCUT2D eigenvalue weighted by molar-refractivity contribution is 0.0680. The maximum absolute atomic E-state index is 12.8. The maximum atomic E-state index is 12.8. The number of carbonyl (C=O) groups excluding carboxylic acids is 1. The first-order valence-corrected chi connectivity index (χ1v) is 9.19. The minimum Gasteiger partial charge on any atom is -0.331 e. The van der Waals surface area contributed by atoms with E-state index in [2.05, 4.69) is 5.32 Å². The molecule has 5 nitrogen and oxygen atoms in total. The van der Waals surface area contributed by atoms with Crippen LogP contribution in [0.25, 0.3) is 0 Å². The second kappa shape index (κ2) is 5.42. The molecule has 6 heteroatoms. The molecule has 2 saturated heterocycles. The van der Waals surface area contributed by atoms with E-state index in [1.54, 1.807) is 12.1 Å². The van der Waals surface area contributed by atoms with Crippen LogP contribution in [0.1, 0.15) is 29.6 Å². The Bertz CT molecular complexity index is 643. The fraction of sp³-hybridized carbons (Fsp3) is 0.533. The molecule has 2 heterocycles. The highest BCUT2D eigenvalue weighted by molar-refractivity contribution is 7.90. The summed E-state index contributed by atoms with van der Waals surface area (Å²) in [5.41, 5.74) is 0.469. The van der Waals surface area contributed by atoms with Gasteiger partial charge >= 0.3 is 0 Å². The van der Waals surface area contributed by atoms with E-state index >= 15 is 0 Å². The Morgan fingerprint density at radius 1 is 1.24 bits per heavy atom. The predicted octanol–water partition coefficient (Wildman–Crippen LogP) is 1.06. The highest BCUT2D eigenvalue weighted by Gasteiger charge is 2.38. The molecule has 0 radical (unpaired) electrons. The normalized spacial score (nSPS) is 25.7. The van der Waals surface area contributed by atoms with E-state index in [-0.39, 0.29) is 22.9 Å². The molecule has 2 aliphatic rings. The summed E-state index contributed by atoms with van der Waals surface area (Å²) >= 11 is 0. The van der Waals surface area contributed by atoms with Crippen molar-refractivity contribution in [1.82, 2.24) is 10.2 Å². The summed E-state index contributed by atoms with van der Waals surface area (Å²) in [6.07, 6.45) is 4.20. The van der Waals surface area contributed by atoms with Crippen molar-refractivity contribution in [2.24, 2.45) is 0 Å². The number of hydrogen-bond donors (Lipinski definition) is 1. The smallest absolute Gasteiger partial charge is 0.254 e. The van der Waals surface area contributed by atoms with Crippen LogP contribution in [0.5, 0.6) is 0 Å². The Balaban J connectivity index is 1.92. The van der Waals surface area contributed by atoms with Crippen molar-refractivity contribution in [3.8, 4) is 0 Å². The number of rotatable bonds is 2. The second-order valence-electron chi connectivity index (χ2n) is 5.89. The van der Waals surface area contributed by atoms with Crippen LogP contribution in [0.4, 0.5) is 0 Å². The third-order valence-electron chi connectivity index (χ3n) is 4.40. The fourth-order valence-corrected chi connectivity index (χ4v) is 3.99. The van der Waals surface area contributed by atoms with E-state index in [0.29, 0.717) is 5.56 Å². The highest BCUT2D eigenvalue weighted by Crippen LogP contribution is 2.29. The van der Waals surface area contributed by atoms with Gasteiger partial charge in [-0.2, -0.15) is 0 Å². The maximum Gasteiger partial charge on any atom is 0.254 e. The lowest BCUT2D eigenvalue weighted by Crippen LogP contribution is -2.42. The zero-order valence-electron chi connectivity index (χ0n) is 12.1. The Morgan fingerprint density at radius 3 is 2.76 bits per heavy atom. The first kappa shape index (κ1) is 14.5. The molecule has 114 valence electrons. The molecule has 2 unspecified atom stereocenters. The van der Waals surface area contributed by atoms with Crippen LogP contribution in [0, 0.1) is 0 Å². The molecule has 0 saturated carbocycles. The van der Waals surface area contributed by atoms with Gasteiger partial charge in [0.1, 0.15) is 0 Å². The van der Waals surface area contributed by atoms with Crippen molar-refractivity contribution < 1.29 is 13.2 Å². The van der Waals surface area contributed by atoms with Crippen LogP contribution in [-0.2, 0) is 9.84 Å². The van der Waals surface area contributed by atoms with E-state index in [1.807, 2.05) is 4.90 Å². The largest absolute Gasteiger partial charge is 0.331 e. The number of fused-ring (bicyclic) bond motifs is 2. The molecule has 2 fully saturated rings. The summed E-state index contributed by atoms with van der Waals surface area (Å²) in [5.74, 6) is -0.0447. The third kappa shape index (κ3) is 2.82. The lowest BCUT2D eigenvalue weighted by Gasteiger charge is -2.28. The van der Waals surface area contributed by atoms with Gasteiger partial charge in [0, 0.05) is 30.4 Å². The van der Waals surface area contributed by atoms with Crippen LogP contribution in [0.3, 0.4) is 0 Å². The molecule has 0 aliphatic carbocycles. The molecular formula is C15H20N2O3S. The van der Waals surface area contributed by atoms with Crippen molar-refractivity contribution in [3.63, 3.8) is 0 Å². The van der Waals surface area contributed by atoms with E-state index in [1.165, 1.54) is 12.1 Å². The van der Waals surface area contributed by atoms with E-state index in [4.69, 9.17) is 0 Å². The Morgan fingerprint density at radius 2 is 2.00 bits per heavy atom. The number of hydrogen-bond acceptors (Lipinski definition) is 4. The van der Waals surface area contributed by atoms with E-state index in [9.17, 15) is 13.2 Å². The van der Waals surface area contributed by atoms with Gasteiger partial charge in [-0.3, -0.25) is 4.79 Å². The molecule has 0 aromatic heterocycles. The second-order valence-corrected chi connectivity index (χ2v) is 7.91. The van der Waals surface area contributed by atoms with Gasteiger partial charge in [-0.05, 0) is 44.0 Å². The van der Waals surface area contributed by atoms with Crippen LogP contribution in [0.15, 0.2) is 29.2 Å². The zero-order chi connectivity index (χ0) is 15.0. The number of nitrogens with one attached hydrogen (secondary N) is 1. The molecule has 1 amide bonds. The van der Waals surface area contributed by atoms with Gasteiger partial charge in [0.15, 0.2) is 9.84 Å². The van der Waals surface area contributed by atoms with Crippen molar-refractivity contribution in [2.75, 3.05) is 19.3 Å². The van der Waals surface area contributed by atoms with Crippen molar-refractivity contribution in [2.45, 2.75) is 36.2 Å². The van der Waals surface area contributed by atoms with Gasteiger partial charge in [-0.15, -0.1) is 0 Å². The minimum atomic E-state index is -3.29. The first-order valence-electron chi connectivity index (χ1n) is 7.30. The molecule has 2 bridgehead atoms. The lowest BCUT2D eigenvalue weighted by atomic mass is 10.1. The summed E-state index contributed by atoms with van der Waals surface area (Å²) in [5, 5.41) is 3.36. The Hall–Kier alpha value is -1.40. The molecule has 21 heavy (non-hydrogen) atoms. The fourth-order valence-electron chi connectivity index (χ4n) is 3.32. The molecule has 2 atom stereocenters. The first-order chi connectivity index (χ1) is 9.97. The number of carbonyl (C=O) groups is 1. The van der Waals surface area contributed by atoms with Gasteiger partial charge < -0.3 is 10.2 Å². The molecule has 3 rings (SSSR count). The van der Waals surface area contributed by atoms with Gasteiger partial charge in [0.05, 0.1) is 4.90 Å². The van der Waals surface area contributed by atoms with Crippen LogP contribution in [0.2, 0.25) is 0 Å². The summed E-state index contributed by atoms with van der Waals surface area (Å²) in [7, 11) is -3.29. The van der Waals surface area contributed by atoms with Gasteiger partial charge in [0.2, 0.25) is 0 Å². The third-order valence-corrected chi connectivity index (χ3v) is 5.51. The monoisotopic (exact) mass is 308 g/mol. The molecule has 2 aliphatic heterocycles. The van der Waals surface area contributed by atoms with Gasteiger partial charge in [-0.1, -0.05) is 6.07 Å². The van der Waals surface area contributed by atoms with E-state index < -0.39 is 9.84 Å². The summed E-state index contributed by atoms with van der Waals surface area (Å²) in [4.78, 5) is 15.0. The van der Waals surface area contributed by atoms with Gasteiger partial charge in [-0.25, -0.2) is 8.42 Å². The topological polar surface area (TPSA) is 66.5 Å². The highest BCUT2D eigenvalue weighted by atomic mass is 32.2. The SMILES string of the molecule is CS(=O)(=O)c1cccc(C(=O)N2C3CCNCC2CC3)c1. The van der Waals surface area contributed by atoms with Crippen molar-refractivity contribution in [3.05, 3.63) is 29.8 Å². The standard InChI is InChI=1S/C15H20N2O3S/c1-21(19,20)14-4-2-3-11(9-14)15(18)17-12-5-6-13(17)10-16-8-7-12/h2-4,9,12-13,16H,5-8,10H2,1H3. The van der Waals surface area contributed by atoms with Crippen LogP contribution >= 0.6 is 0 Å². The minimum absolute atomic E-state index is 0.0447. The molecule has 1 aromatic carbocycles. The average molecular weight is 308 g/mol. The molecule has 0 spiro atoms. The van der Waals surface area contributed by atoms with E-state index in [0.717, 1.165) is 38.6 Å². The number of nitrogens with zero attached hydrogens (tertiary/aromatic N) is 1. The quantitative estimate of drug-likeness (QED) is 0.887. The average Bonchev–Trinajstić information content (AvgIpc) is 2.70. The number of benzene rings is 1. The Labute approximate surface area is 125 Å². The summed E-state index contributed by atoms with van der Waals surface area (Å²) < 4.78 is 23.3.